The van der Waals surface area contributed by atoms with E-state index in [1.165, 1.54) is 27.3 Å². The molecule has 0 atom stereocenters. The lowest BCUT2D eigenvalue weighted by Gasteiger charge is -2.11. The molecule has 0 saturated heterocycles. The van der Waals surface area contributed by atoms with E-state index in [2.05, 4.69) is 81.6 Å². The van der Waals surface area contributed by atoms with Gasteiger partial charge in [-0.15, -0.1) is 0 Å². The smallest absolute Gasteiger partial charge is 0.0786 e. The molecule has 4 aromatic rings. The van der Waals surface area contributed by atoms with Crippen molar-refractivity contribution < 1.29 is 0 Å². The third-order valence-electron chi connectivity index (χ3n) is 3.75. The van der Waals surface area contributed by atoms with Gasteiger partial charge in [0.25, 0.3) is 0 Å². The van der Waals surface area contributed by atoms with Gasteiger partial charge in [0.15, 0.2) is 0 Å². The zero-order valence-corrected chi connectivity index (χ0v) is 12.8. The van der Waals surface area contributed by atoms with E-state index in [1.807, 2.05) is 12.3 Å². The van der Waals surface area contributed by atoms with Crippen molar-refractivity contribution in [1.82, 2.24) is 4.98 Å². The van der Waals surface area contributed by atoms with E-state index in [0.717, 1.165) is 9.99 Å². The average Bonchev–Trinajstić information content (AvgIpc) is 2.53. The lowest BCUT2D eigenvalue weighted by Crippen LogP contribution is -1.87. The number of rotatable bonds is 1. The number of pyridine rings is 1. The van der Waals surface area contributed by atoms with Crippen LogP contribution in [0.3, 0.4) is 0 Å². The highest BCUT2D eigenvalue weighted by Crippen LogP contribution is 2.35. The monoisotopic (exact) mass is 333 g/mol. The predicted molar refractivity (Wildman–Crippen MR) is 92.4 cm³/mol. The van der Waals surface area contributed by atoms with Crippen LogP contribution in [0.2, 0.25) is 0 Å². The van der Waals surface area contributed by atoms with Crippen molar-refractivity contribution in [3.63, 3.8) is 0 Å². The molecule has 21 heavy (non-hydrogen) atoms. The molecule has 0 N–H and O–H groups in total. The highest BCUT2D eigenvalue weighted by Gasteiger charge is 2.10. The highest BCUT2D eigenvalue weighted by molar-refractivity contribution is 9.10. The fraction of sp³-hybridized carbons (Fsp3) is 0. The fourth-order valence-corrected chi connectivity index (χ4v) is 3.06. The normalized spacial score (nSPS) is 11.1. The van der Waals surface area contributed by atoms with Crippen molar-refractivity contribution in [3.05, 3.63) is 77.4 Å². The van der Waals surface area contributed by atoms with E-state index in [1.54, 1.807) is 0 Å². The van der Waals surface area contributed by atoms with Crippen LogP contribution in [0.4, 0.5) is 0 Å². The molecule has 0 spiro atoms. The maximum Gasteiger partial charge on any atom is 0.0786 e. The van der Waals surface area contributed by atoms with Crippen LogP contribution in [-0.2, 0) is 0 Å². The van der Waals surface area contributed by atoms with Crippen LogP contribution >= 0.6 is 15.9 Å². The molecular weight excluding hydrogens is 322 g/mol. The quantitative estimate of drug-likeness (QED) is 0.400. The van der Waals surface area contributed by atoms with Crippen molar-refractivity contribution in [3.8, 4) is 11.1 Å². The largest absolute Gasteiger partial charge is 0.256 e. The topological polar surface area (TPSA) is 12.9 Å². The molecule has 3 aromatic carbocycles. The van der Waals surface area contributed by atoms with Crippen LogP contribution in [0.15, 0.2) is 77.4 Å². The van der Waals surface area contributed by atoms with Gasteiger partial charge in [-0.1, -0.05) is 58.4 Å². The van der Waals surface area contributed by atoms with Crippen molar-refractivity contribution in [2.45, 2.75) is 0 Å². The van der Waals surface area contributed by atoms with Gasteiger partial charge in [-0.3, -0.25) is 4.98 Å². The Kier molecular flexibility index (Phi) is 2.97. The molecule has 1 aromatic heterocycles. The summed E-state index contributed by atoms with van der Waals surface area (Å²) in [5, 5.41) is 3.66. The van der Waals surface area contributed by atoms with Gasteiger partial charge in [0.1, 0.15) is 0 Å². The average molecular weight is 334 g/mol. The standard InChI is InChI=1S/C19H12BrN/c20-16-9-7-13(8-10-16)18-17-6-2-1-4-14(17)12-15-5-3-11-21-19(15)18/h1-12H. The summed E-state index contributed by atoms with van der Waals surface area (Å²) in [6, 6.07) is 23.2. The maximum absolute atomic E-state index is 4.62. The zero-order chi connectivity index (χ0) is 14.2. The molecule has 0 radical (unpaired) electrons. The Hall–Kier alpha value is -2.19. The van der Waals surface area contributed by atoms with Gasteiger partial charge in [0.05, 0.1) is 5.52 Å². The first-order chi connectivity index (χ1) is 10.3. The van der Waals surface area contributed by atoms with Crippen molar-refractivity contribution in [1.29, 1.82) is 0 Å². The molecule has 2 heteroatoms. The van der Waals surface area contributed by atoms with Crippen LogP contribution in [0, 0.1) is 0 Å². The number of nitrogens with zero attached hydrogens (tertiary/aromatic N) is 1. The van der Waals surface area contributed by atoms with Crippen LogP contribution < -0.4 is 0 Å². The Morgan fingerprint density at radius 1 is 0.762 bits per heavy atom. The molecule has 100 valence electrons. The van der Waals surface area contributed by atoms with E-state index in [4.69, 9.17) is 0 Å². The summed E-state index contributed by atoms with van der Waals surface area (Å²) in [5.41, 5.74) is 3.45. The van der Waals surface area contributed by atoms with E-state index < -0.39 is 0 Å². The molecule has 4 rings (SSSR count). The third-order valence-corrected chi connectivity index (χ3v) is 4.28. The van der Waals surface area contributed by atoms with E-state index >= 15 is 0 Å². The zero-order valence-electron chi connectivity index (χ0n) is 11.3. The van der Waals surface area contributed by atoms with Crippen LogP contribution in [-0.4, -0.2) is 4.98 Å². The molecular formula is C19H12BrN. The highest BCUT2D eigenvalue weighted by atomic mass is 79.9. The van der Waals surface area contributed by atoms with Crippen molar-refractivity contribution in [2.24, 2.45) is 0 Å². The molecule has 1 nitrogen and oxygen atoms in total. The van der Waals surface area contributed by atoms with E-state index in [-0.39, 0.29) is 0 Å². The second-order valence-electron chi connectivity index (χ2n) is 5.05. The van der Waals surface area contributed by atoms with Crippen molar-refractivity contribution >= 4 is 37.6 Å². The van der Waals surface area contributed by atoms with Crippen LogP contribution in [0.1, 0.15) is 0 Å². The molecule has 0 bridgehead atoms. The summed E-state index contributed by atoms with van der Waals surface area (Å²) in [7, 11) is 0. The number of fused-ring (bicyclic) bond motifs is 2. The minimum Gasteiger partial charge on any atom is -0.256 e. The van der Waals surface area contributed by atoms with Crippen LogP contribution in [0.5, 0.6) is 0 Å². The summed E-state index contributed by atoms with van der Waals surface area (Å²) in [6.07, 6.45) is 1.86. The molecule has 0 aliphatic carbocycles. The van der Waals surface area contributed by atoms with Gasteiger partial charge >= 0.3 is 0 Å². The van der Waals surface area contributed by atoms with Gasteiger partial charge in [0, 0.05) is 21.6 Å². The third kappa shape index (κ3) is 2.12. The minimum atomic E-state index is 1.05. The Labute approximate surface area is 131 Å². The van der Waals surface area contributed by atoms with E-state index in [0.29, 0.717) is 0 Å². The lowest BCUT2D eigenvalue weighted by molar-refractivity contribution is 1.42. The number of halogens is 1. The first-order valence-electron chi connectivity index (χ1n) is 6.85. The molecule has 0 saturated carbocycles. The minimum absolute atomic E-state index is 1.05. The van der Waals surface area contributed by atoms with Crippen molar-refractivity contribution in [2.75, 3.05) is 0 Å². The van der Waals surface area contributed by atoms with Gasteiger partial charge < -0.3 is 0 Å². The number of benzene rings is 3. The second kappa shape index (κ2) is 4.97. The molecule has 0 amide bonds. The number of hydrogen-bond acceptors (Lipinski definition) is 1. The Balaban J connectivity index is 2.18. The number of hydrogen-bond donors (Lipinski definition) is 0. The summed E-state index contributed by atoms with van der Waals surface area (Å²) >= 11 is 3.50. The summed E-state index contributed by atoms with van der Waals surface area (Å²) < 4.78 is 1.09. The van der Waals surface area contributed by atoms with Gasteiger partial charge in [-0.2, -0.15) is 0 Å². The second-order valence-corrected chi connectivity index (χ2v) is 5.97. The molecule has 1 heterocycles. The predicted octanol–water partition coefficient (Wildman–Crippen LogP) is 5.82. The van der Waals surface area contributed by atoms with Crippen LogP contribution in [0.25, 0.3) is 32.8 Å². The van der Waals surface area contributed by atoms with Gasteiger partial charge in [-0.25, -0.2) is 0 Å². The number of aromatic nitrogens is 1. The first-order valence-corrected chi connectivity index (χ1v) is 7.65. The Morgan fingerprint density at radius 3 is 2.38 bits per heavy atom. The molecule has 0 unspecified atom stereocenters. The van der Waals surface area contributed by atoms with E-state index in [9.17, 15) is 0 Å². The Morgan fingerprint density at radius 2 is 1.52 bits per heavy atom. The maximum atomic E-state index is 4.62. The first kappa shape index (κ1) is 12.5. The molecule has 0 fully saturated rings. The lowest BCUT2D eigenvalue weighted by atomic mass is 9.95. The fourth-order valence-electron chi connectivity index (χ4n) is 2.80. The SMILES string of the molecule is Brc1ccc(-c2c3ccccc3cc3cccnc23)cc1. The summed E-state index contributed by atoms with van der Waals surface area (Å²) in [4.78, 5) is 4.62. The summed E-state index contributed by atoms with van der Waals surface area (Å²) in [6.45, 7) is 0. The Bertz CT molecular complexity index is 888. The molecule has 0 aliphatic heterocycles. The molecule has 0 aliphatic rings. The van der Waals surface area contributed by atoms with Gasteiger partial charge in [-0.05, 0) is 40.6 Å². The van der Waals surface area contributed by atoms with Gasteiger partial charge in [0.2, 0.25) is 0 Å². The summed E-state index contributed by atoms with van der Waals surface area (Å²) in [5.74, 6) is 0.